The van der Waals surface area contributed by atoms with Gasteiger partial charge in [0, 0.05) is 17.6 Å². The van der Waals surface area contributed by atoms with Crippen molar-refractivity contribution in [2.45, 2.75) is 18.9 Å². The van der Waals surface area contributed by atoms with Crippen LogP contribution in [0.25, 0.3) is 0 Å². The maximum Gasteiger partial charge on any atom is 0.255 e. The van der Waals surface area contributed by atoms with Crippen molar-refractivity contribution in [3.63, 3.8) is 0 Å². The Balaban J connectivity index is 2.14. The first-order chi connectivity index (χ1) is 8.65. The third kappa shape index (κ3) is 2.94. The molecule has 0 heterocycles. The Bertz CT molecular complexity index is 447. The second-order valence-electron chi connectivity index (χ2n) is 4.50. The molecule has 98 valence electrons. The van der Waals surface area contributed by atoms with Gasteiger partial charge in [0.15, 0.2) is 0 Å². The molecule has 4 nitrogen and oxygen atoms in total. The van der Waals surface area contributed by atoms with Crippen LogP contribution in [0.3, 0.4) is 0 Å². The highest BCUT2D eigenvalue weighted by Crippen LogP contribution is 2.32. The van der Waals surface area contributed by atoms with E-state index in [0.29, 0.717) is 28.8 Å². The molecule has 0 radical (unpaired) electrons. The van der Waals surface area contributed by atoms with E-state index < -0.39 is 0 Å². The summed E-state index contributed by atoms with van der Waals surface area (Å²) in [4.78, 5) is 12.2. The van der Waals surface area contributed by atoms with Crippen LogP contribution in [-0.2, 0) is 0 Å². The molecule has 1 unspecified atom stereocenters. The summed E-state index contributed by atoms with van der Waals surface area (Å²) in [5.41, 5.74) is 6.12. The molecule has 1 atom stereocenters. The van der Waals surface area contributed by atoms with E-state index in [1.54, 1.807) is 18.2 Å². The van der Waals surface area contributed by atoms with Gasteiger partial charge in [-0.25, -0.2) is 0 Å². The smallest absolute Gasteiger partial charge is 0.255 e. The van der Waals surface area contributed by atoms with Crippen LogP contribution in [0.4, 0.5) is 0 Å². The van der Waals surface area contributed by atoms with Crippen LogP contribution in [0.15, 0.2) is 18.2 Å². The molecular weight excluding hydrogens is 252 g/mol. The van der Waals surface area contributed by atoms with Gasteiger partial charge in [-0.1, -0.05) is 11.6 Å². The van der Waals surface area contributed by atoms with Crippen LogP contribution in [-0.4, -0.2) is 25.6 Å². The zero-order valence-electron chi connectivity index (χ0n) is 10.3. The largest absolute Gasteiger partial charge is 0.496 e. The molecule has 3 N–H and O–H groups in total. The van der Waals surface area contributed by atoms with Crippen molar-refractivity contribution in [1.29, 1.82) is 0 Å². The van der Waals surface area contributed by atoms with Crippen molar-refractivity contribution in [2.75, 3.05) is 13.7 Å². The van der Waals surface area contributed by atoms with Gasteiger partial charge < -0.3 is 15.8 Å². The molecule has 1 aromatic rings. The van der Waals surface area contributed by atoms with Crippen LogP contribution < -0.4 is 15.8 Å². The topological polar surface area (TPSA) is 64.3 Å². The minimum Gasteiger partial charge on any atom is -0.496 e. The fraction of sp³-hybridized carbons (Fsp3) is 0.462. The quantitative estimate of drug-likeness (QED) is 0.856. The molecule has 1 aliphatic carbocycles. The summed E-state index contributed by atoms with van der Waals surface area (Å²) in [5.74, 6) is 0.851. The number of carbonyl (C=O) groups excluding carboxylic acids is 1. The number of ether oxygens (including phenoxy) is 1. The molecule has 0 saturated heterocycles. The lowest BCUT2D eigenvalue weighted by Crippen LogP contribution is -2.41. The number of methoxy groups -OCH3 is 1. The number of rotatable bonds is 5. The molecule has 18 heavy (non-hydrogen) atoms. The van der Waals surface area contributed by atoms with Crippen molar-refractivity contribution in [3.05, 3.63) is 28.8 Å². The lowest BCUT2D eigenvalue weighted by molar-refractivity contribution is 0.0930. The predicted molar refractivity (Wildman–Crippen MR) is 71.0 cm³/mol. The van der Waals surface area contributed by atoms with Gasteiger partial charge in [-0.15, -0.1) is 0 Å². The number of amides is 1. The molecule has 0 aliphatic heterocycles. The van der Waals surface area contributed by atoms with Gasteiger partial charge in [-0.2, -0.15) is 0 Å². The van der Waals surface area contributed by atoms with Crippen molar-refractivity contribution >= 4 is 17.5 Å². The van der Waals surface area contributed by atoms with E-state index in [2.05, 4.69) is 5.32 Å². The maximum absolute atomic E-state index is 12.2. The van der Waals surface area contributed by atoms with Crippen LogP contribution in [0.1, 0.15) is 23.2 Å². The van der Waals surface area contributed by atoms with Gasteiger partial charge >= 0.3 is 0 Å². The predicted octanol–water partition coefficient (Wildman–Crippen LogP) is 1.82. The third-order valence-electron chi connectivity index (χ3n) is 3.17. The summed E-state index contributed by atoms with van der Waals surface area (Å²) in [6, 6.07) is 5.03. The first-order valence-electron chi connectivity index (χ1n) is 6.00. The minimum atomic E-state index is -0.184. The molecule has 1 aromatic carbocycles. The fourth-order valence-electron chi connectivity index (χ4n) is 1.97. The fourth-order valence-corrected chi connectivity index (χ4v) is 2.14. The Kier molecular flexibility index (Phi) is 4.09. The molecule has 0 spiro atoms. The first-order valence-corrected chi connectivity index (χ1v) is 6.38. The highest BCUT2D eigenvalue weighted by atomic mass is 35.5. The zero-order chi connectivity index (χ0) is 13.1. The van der Waals surface area contributed by atoms with Crippen molar-refractivity contribution in [2.24, 2.45) is 11.7 Å². The summed E-state index contributed by atoms with van der Waals surface area (Å²) >= 11 is 5.90. The molecule has 1 amide bonds. The van der Waals surface area contributed by atoms with Gasteiger partial charge in [0.05, 0.1) is 12.7 Å². The first kappa shape index (κ1) is 13.2. The highest BCUT2D eigenvalue weighted by molar-refractivity contribution is 6.31. The van der Waals surface area contributed by atoms with E-state index in [1.807, 2.05) is 0 Å². The molecule has 5 heteroatoms. The molecule has 1 saturated carbocycles. The standard InChI is InChI=1S/C13H17ClN2O2/c1-18-12-5-4-9(14)6-10(12)13(17)16-11(7-15)8-2-3-8/h4-6,8,11H,2-3,7,15H2,1H3,(H,16,17). The number of carbonyl (C=O) groups is 1. The van der Waals surface area contributed by atoms with Crippen LogP contribution in [0.2, 0.25) is 5.02 Å². The molecular formula is C13H17ClN2O2. The lowest BCUT2D eigenvalue weighted by Gasteiger charge is -2.17. The molecule has 0 bridgehead atoms. The highest BCUT2D eigenvalue weighted by Gasteiger charge is 2.31. The zero-order valence-corrected chi connectivity index (χ0v) is 11.0. The van der Waals surface area contributed by atoms with Gasteiger partial charge in [0.25, 0.3) is 5.91 Å². The Morgan fingerprint density at radius 1 is 1.61 bits per heavy atom. The average Bonchev–Trinajstić information content (AvgIpc) is 3.19. The number of hydrogen-bond donors (Lipinski definition) is 2. The second-order valence-corrected chi connectivity index (χ2v) is 4.93. The van der Waals surface area contributed by atoms with E-state index in [-0.39, 0.29) is 11.9 Å². The second kappa shape index (κ2) is 5.59. The number of benzene rings is 1. The monoisotopic (exact) mass is 268 g/mol. The summed E-state index contributed by atoms with van der Waals surface area (Å²) < 4.78 is 5.16. The Hall–Kier alpha value is -1.26. The van der Waals surface area contributed by atoms with E-state index in [9.17, 15) is 4.79 Å². The molecule has 2 rings (SSSR count). The number of hydrogen-bond acceptors (Lipinski definition) is 3. The summed E-state index contributed by atoms with van der Waals surface area (Å²) in [7, 11) is 1.53. The van der Waals surface area contributed by atoms with Gasteiger partial charge in [-0.05, 0) is 37.0 Å². The average molecular weight is 269 g/mol. The van der Waals surface area contributed by atoms with Crippen molar-refractivity contribution in [3.8, 4) is 5.75 Å². The summed E-state index contributed by atoms with van der Waals surface area (Å²) in [6.45, 7) is 0.458. The number of nitrogens with one attached hydrogen (secondary N) is 1. The van der Waals surface area contributed by atoms with Gasteiger partial charge in [-0.3, -0.25) is 4.79 Å². The molecule has 1 aliphatic rings. The van der Waals surface area contributed by atoms with Crippen molar-refractivity contribution < 1.29 is 9.53 Å². The van der Waals surface area contributed by atoms with Crippen LogP contribution in [0, 0.1) is 5.92 Å². The summed E-state index contributed by atoms with van der Waals surface area (Å²) in [6.07, 6.45) is 2.27. The molecule has 0 aromatic heterocycles. The lowest BCUT2D eigenvalue weighted by atomic mass is 10.1. The number of nitrogens with two attached hydrogens (primary N) is 1. The minimum absolute atomic E-state index is 0.0428. The normalized spacial score (nSPS) is 16.2. The molecule has 1 fully saturated rings. The van der Waals surface area contributed by atoms with Gasteiger partial charge in [0.1, 0.15) is 5.75 Å². The number of halogens is 1. The Labute approximate surface area is 111 Å². The Morgan fingerprint density at radius 3 is 2.89 bits per heavy atom. The maximum atomic E-state index is 12.2. The van der Waals surface area contributed by atoms with Crippen LogP contribution in [0.5, 0.6) is 5.75 Å². The SMILES string of the molecule is COc1ccc(Cl)cc1C(=O)NC(CN)C1CC1. The van der Waals surface area contributed by atoms with E-state index in [1.165, 1.54) is 7.11 Å². The van der Waals surface area contributed by atoms with E-state index >= 15 is 0 Å². The third-order valence-corrected chi connectivity index (χ3v) is 3.40. The van der Waals surface area contributed by atoms with Gasteiger partial charge in [0.2, 0.25) is 0 Å². The van der Waals surface area contributed by atoms with Crippen LogP contribution >= 0.6 is 11.6 Å². The summed E-state index contributed by atoms with van der Waals surface area (Å²) in [5, 5.41) is 3.46. The Morgan fingerprint density at radius 2 is 2.33 bits per heavy atom. The van der Waals surface area contributed by atoms with Crippen molar-refractivity contribution in [1.82, 2.24) is 5.32 Å². The van der Waals surface area contributed by atoms with E-state index in [0.717, 1.165) is 12.8 Å². The van der Waals surface area contributed by atoms with E-state index in [4.69, 9.17) is 22.1 Å².